The van der Waals surface area contributed by atoms with Crippen LogP contribution in [0, 0.1) is 24.4 Å². The average molecular weight is 1270 g/mol. The van der Waals surface area contributed by atoms with Gasteiger partial charge in [0.2, 0.25) is 0 Å². The number of aryl methyl sites for hydroxylation is 1. The molecule has 0 atom stereocenters. The number of fused-ring (bicyclic) bond motifs is 6. The second kappa shape index (κ2) is 25.1. The van der Waals surface area contributed by atoms with Crippen molar-refractivity contribution >= 4 is 80.6 Å². The van der Waals surface area contributed by atoms with Gasteiger partial charge in [-0.1, -0.05) is 77.9 Å². The number of thiophene rings is 1. The van der Waals surface area contributed by atoms with Gasteiger partial charge in [0.15, 0.2) is 0 Å². The van der Waals surface area contributed by atoms with E-state index >= 15 is 0 Å². The number of benzene rings is 8. The number of aromatic nitrogens is 3. The topological polar surface area (TPSA) is 164 Å². The zero-order valence-corrected chi connectivity index (χ0v) is 53.5. The number of hydrogen-bond donors (Lipinski definition) is 3. The molecule has 94 heavy (non-hydrogen) atoms. The molecule has 12 nitrogen and oxygen atoms in total. The van der Waals surface area contributed by atoms with Crippen molar-refractivity contribution in [3.63, 3.8) is 0 Å². The van der Waals surface area contributed by atoms with Crippen LogP contribution in [-0.4, -0.2) is 65.6 Å². The molecule has 4 aromatic heterocycles. The maximum Gasteiger partial charge on any atom is 0.345 e. The highest BCUT2D eigenvalue weighted by atomic mass is 32.1. The van der Waals surface area contributed by atoms with E-state index in [1.807, 2.05) is 68.0 Å². The van der Waals surface area contributed by atoms with E-state index in [-0.39, 0.29) is 41.6 Å². The van der Waals surface area contributed by atoms with Crippen molar-refractivity contribution in [2.24, 2.45) is 15.0 Å². The average Bonchev–Trinajstić information content (AvgIpc) is 1.64. The molecule has 0 amide bonds. The molecular weight excluding hydrogens is 1210 g/mol. The molecule has 15 rings (SSSR count). The third-order valence-corrected chi connectivity index (χ3v) is 18.6. The largest absolute Gasteiger partial charge is 0.481 e. The summed E-state index contributed by atoms with van der Waals surface area (Å²) in [5, 5.41) is 31.4. The number of carboxylic acids is 3. The molecule has 0 saturated heterocycles. The molecule has 3 aliphatic heterocycles. The summed E-state index contributed by atoms with van der Waals surface area (Å²) in [7, 11) is 0. The van der Waals surface area contributed by atoms with E-state index in [9.17, 15) is 42.9 Å². The van der Waals surface area contributed by atoms with Gasteiger partial charge in [-0.05, 0) is 208 Å². The molecule has 16 heteroatoms. The molecule has 0 aliphatic carbocycles. The van der Waals surface area contributed by atoms with E-state index < -0.39 is 17.9 Å². The highest BCUT2D eigenvalue weighted by Crippen LogP contribution is 2.47. The fourth-order valence-electron chi connectivity index (χ4n) is 13.5. The lowest BCUT2D eigenvalue weighted by Crippen LogP contribution is -2.04. The Morgan fingerprint density at radius 3 is 1.24 bits per heavy atom. The Bertz CT molecular complexity index is 5140. The number of rotatable bonds is 13. The zero-order chi connectivity index (χ0) is 66.0. The smallest absolute Gasteiger partial charge is 0.345 e. The van der Waals surface area contributed by atoms with Gasteiger partial charge in [0.1, 0.15) is 22.3 Å². The first-order valence-corrected chi connectivity index (χ1v) is 31.9. The number of aromatic carboxylic acids is 2. The molecular formula is C78H65F3N6O6S. The van der Waals surface area contributed by atoms with Crippen LogP contribution < -0.4 is 0 Å². The van der Waals surface area contributed by atoms with Gasteiger partial charge in [0.25, 0.3) is 0 Å². The predicted molar refractivity (Wildman–Crippen MR) is 370 cm³/mol. The second-order valence-corrected chi connectivity index (χ2v) is 26.0. The Hall–Kier alpha value is -10.7. The number of hydrogen-bond acceptors (Lipinski definition) is 7. The van der Waals surface area contributed by atoms with E-state index in [0.29, 0.717) is 30.1 Å². The van der Waals surface area contributed by atoms with Gasteiger partial charge in [0.05, 0.1) is 48.2 Å². The number of carbonyl (C=O) groups is 3. The summed E-state index contributed by atoms with van der Waals surface area (Å²) in [6, 6.07) is 49.4. The predicted octanol–water partition coefficient (Wildman–Crippen LogP) is 18.9. The summed E-state index contributed by atoms with van der Waals surface area (Å²) >= 11 is 1.28. The third kappa shape index (κ3) is 11.5. The highest BCUT2D eigenvalue weighted by molar-refractivity contribution is 7.17. The maximum atomic E-state index is 13.7. The van der Waals surface area contributed by atoms with Gasteiger partial charge in [0, 0.05) is 90.5 Å². The standard InChI is InChI=1S/2C27H23FN2O2.C24H19FN2O2S/c1-15(2)26-25(17-4-9-22(27(31)32)16(3)10-17)23-11-18-13-29-14-19(18)12-24(23)30(26)21-7-5-20(28)6-8-21;1-16(2)27-26(18-5-3-4-17(10-18)11-25(31)32)23-12-19-14-29-15-20(19)13-24(23)30(27)22-8-6-21(28)7-9-22;1-13(2)23-22(20-7-8-21(30-20)24(28)29)18-9-14-11-26-12-15(14)10-19(18)27(23)17-5-3-16(25)4-6-17/h4-12,14-15H,13H2,1-3H3,(H,31,32);3-10,12-13,15-16H,11,14H2,1-2H3,(H,31,32);3-10,12-13H,11H2,1-2H3,(H,28,29). The first kappa shape index (κ1) is 62.1. The normalized spacial score (nSPS) is 12.7. The number of aliphatic imine (C=N–C) groups is 3. The van der Waals surface area contributed by atoms with Crippen molar-refractivity contribution in [3.8, 4) is 49.8 Å². The van der Waals surface area contributed by atoms with Crippen LogP contribution in [0.25, 0.3) is 82.5 Å². The summed E-state index contributed by atoms with van der Waals surface area (Å²) in [6.07, 6.45) is 5.67. The van der Waals surface area contributed by atoms with Crippen LogP contribution in [0.2, 0.25) is 0 Å². The van der Waals surface area contributed by atoms with E-state index in [4.69, 9.17) is 0 Å². The van der Waals surface area contributed by atoms with Gasteiger partial charge in [-0.2, -0.15) is 0 Å². The summed E-state index contributed by atoms with van der Waals surface area (Å²) in [4.78, 5) is 48.8. The number of carboxylic acid groups (broad SMARTS) is 3. The summed E-state index contributed by atoms with van der Waals surface area (Å²) in [5.74, 6) is -3.02. The van der Waals surface area contributed by atoms with E-state index in [1.54, 1.807) is 48.5 Å². The Morgan fingerprint density at radius 2 is 0.872 bits per heavy atom. The van der Waals surface area contributed by atoms with Gasteiger partial charge in [-0.3, -0.25) is 19.8 Å². The SMILES string of the molecule is CC(C)c1c(-c2ccc(C(=O)O)s2)c2cc3c(cc2n1-c1ccc(F)cc1)C=NC3.CC(C)c1c(-c2cccc(CC(=O)O)c2)c2cc3c(cc2n1-c1ccc(F)cc1)C=NC3.Cc1cc(-c2c(C(C)C)n(-c3ccc(F)cc3)c3cc4c(cc23)CN=C4)ccc1C(=O)O. The van der Waals surface area contributed by atoms with Crippen LogP contribution in [0.4, 0.5) is 13.2 Å². The van der Waals surface area contributed by atoms with Crippen LogP contribution in [-0.2, 0) is 30.8 Å². The quantitative estimate of drug-likeness (QED) is 0.104. The fraction of sp³-hybridized carbons (Fsp3) is 0.179. The minimum atomic E-state index is -0.929. The number of nitrogens with zero attached hydrogens (tertiary/aromatic N) is 6. The lowest BCUT2D eigenvalue weighted by molar-refractivity contribution is -0.136. The first-order valence-electron chi connectivity index (χ1n) is 31.1. The lowest BCUT2D eigenvalue weighted by atomic mass is 9.93. The molecule has 3 N–H and O–H groups in total. The van der Waals surface area contributed by atoms with Crippen LogP contribution in [0.5, 0.6) is 0 Å². The molecule has 0 bridgehead atoms. The molecule has 0 unspecified atom stereocenters. The Morgan fingerprint density at radius 1 is 0.468 bits per heavy atom. The minimum absolute atomic E-state index is 0.0231. The Labute approximate surface area is 544 Å². The van der Waals surface area contributed by atoms with Crippen molar-refractivity contribution in [1.29, 1.82) is 0 Å². The Balaban J connectivity index is 0.000000128. The Kier molecular flexibility index (Phi) is 16.6. The maximum absolute atomic E-state index is 13.7. The summed E-state index contributed by atoms with van der Waals surface area (Å²) in [5.41, 5.74) is 22.7. The molecule has 3 aliphatic rings. The fourth-order valence-corrected chi connectivity index (χ4v) is 14.4. The second-order valence-electron chi connectivity index (χ2n) is 24.9. The summed E-state index contributed by atoms with van der Waals surface area (Å²) in [6.45, 7) is 16.6. The van der Waals surface area contributed by atoms with E-state index in [2.05, 4.69) is 107 Å². The van der Waals surface area contributed by atoms with Crippen LogP contribution >= 0.6 is 11.3 Å². The molecule has 0 fully saturated rings. The van der Waals surface area contributed by atoms with Gasteiger partial charge >= 0.3 is 17.9 Å². The van der Waals surface area contributed by atoms with Gasteiger partial charge in [-0.25, -0.2) is 22.8 Å². The van der Waals surface area contributed by atoms with E-state index in [0.717, 1.165) is 133 Å². The van der Waals surface area contributed by atoms with Crippen molar-refractivity contribution < 1.29 is 42.9 Å². The minimum Gasteiger partial charge on any atom is -0.481 e. The monoisotopic (exact) mass is 1270 g/mol. The van der Waals surface area contributed by atoms with Crippen molar-refractivity contribution in [2.45, 2.75) is 92.3 Å². The number of halogens is 3. The molecule has 0 radical (unpaired) electrons. The lowest BCUT2D eigenvalue weighted by Gasteiger charge is -2.16. The van der Waals surface area contributed by atoms with Crippen molar-refractivity contribution in [1.82, 2.24) is 13.7 Å². The van der Waals surface area contributed by atoms with Crippen molar-refractivity contribution in [2.75, 3.05) is 0 Å². The summed E-state index contributed by atoms with van der Waals surface area (Å²) < 4.78 is 47.6. The molecule has 470 valence electrons. The molecule has 0 saturated carbocycles. The molecule has 7 heterocycles. The first-order chi connectivity index (χ1) is 45.2. The van der Waals surface area contributed by atoms with Gasteiger partial charge in [-0.15, -0.1) is 11.3 Å². The van der Waals surface area contributed by atoms with Gasteiger partial charge < -0.3 is 29.0 Å². The van der Waals surface area contributed by atoms with E-state index in [1.165, 1.54) is 58.9 Å². The van der Waals surface area contributed by atoms with Crippen LogP contribution in [0.3, 0.4) is 0 Å². The molecule has 0 spiro atoms. The van der Waals surface area contributed by atoms with Crippen molar-refractivity contribution in [3.05, 3.63) is 253 Å². The van der Waals surface area contributed by atoms with Crippen LogP contribution in [0.15, 0.2) is 179 Å². The molecule has 12 aromatic rings. The van der Waals surface area contributed by atoms with Crippen LogP contribution in [0.1, 0.15) is 141 Å². The number of aliphatic carboxylic acids is 1. The zero-order valence-electron chi connectivity index (χ0n) is 52.7. The highest BCUT2D eigenvalue weighted by Gasteiger charge is 2.29. The molecule has 8 aromatic carbocycles. The third-order valence-electron chi connectivity index (χ3n) is 17.5.